The summed E-state index contributed by atoms with van der Waals surface area (Å²) in [6.07, 6.45) is 2.11. The molecule has 0 amide bonds. The summed E-state index contributed by atoms with van der Waals surface area (Å²) < 4.78 is 5.67. The van der Waals surface area contributed by atoms with Gasteiger partial charge in [0.1, 0.15) is 0 Å². The standard InChI is InChI=1S/C15H16N2O3/c1-9-2-4-10(5-3-9)12(8-13(18)19)15-17-16-14(20-15)11-6-7-11/h2-5,11-12H,6-8H2,1H3,(H,18,19). The maximum absolute atomic E-state index is 11.1. The van der Waals surface area contributed by atoms with Gasteiger partial charge < -0.3 is 9.52 Å². The highest BCUT2D eigenvalue weighted by molar-refractivity contribution is 5.68. The van der Waals surface area contributed by atoms with Gasteiger partial charge in [-0.1, -0.05) is 29.8 Å². The molecule has 1 N–H and O–H groups in total. The Labute approximate surface area is 116 Å². The summed E-state index contributed by atoms with van der Waals surface area (Å²) in [7, 11) is 0. The fraction of sp³-hybridized carbons (Fsp3) is 0.400. The molecule has 0 radical (unpaired) electrons. The van der Waals surface area contributed by atoms with Crippen LogP contribution in [-0.4, -0.2) is 21.3 Å². The minimum absolute atomic E-state index is 0.0463. The largest absolute Gasteiger partial charge is 0.481 e. The molecule has 1 aromatic heterocycles. The summed E-state index contributed by atoms with van der Waals surface area (Å²) in [5, 5.41) is 17.2. The number of aromatic nitrogens is 2. The second kappa shape index (κ2) is 5.07. The highest BCUT2D eigenvalue weighted by Crippen LogP contribution is 2.40. The quantitative estimate of drug-likeness (QED) is 0.905. The number of aliphatic carboxylic acids is 1. The van der Waals surface area contributed by atoms with Crippen LogP contribution in [0.2, 0.25) is 0 Å². The molecule has 0 saturated heterocycles. The van der Waals surface area contributed by atoms with Crippen molar-refractivity contribution in [2.75, 3.05) is 0 Å². The van der Waals surface area contributed by atoms with E-state index in [1.165, 1.54) is 0 Å². The molecule has 2 aromatic rings. The van der Waals surface area contributed by atoms with Crippen molar-refractivity contribution in [3.05, 3.63) is 47.2 Å². The summed E-state index contributed by atoms with van der Waals surface area (Å²) >= 11 is 0. The average Bonchev–Trinajstić information content (AvgIpc) is 3.15. The molecule has 104 valence electrons. The van der Waals surface area contributed by atoms with Gasteiger partial charge in [0.05, 0.1) is 12.3 Å². The predicted molar refractivity (Wildman–Crippen MR) is 71.5 cm³/mol. The van der Waals surface area contributed by atoms with E-state index in [-0.39, 0.29) is 12.3 Å². The Balaban J connectivity index is 1.91. The molecule has 1 aromatic carbocycles. The Morgan fingerprint density at radius 2 is 2.05 bits per heavy atom. The molecule has 20 heavy (non-hydrogen) atoms. The van der Waals surface area contributed by atoms with Gasteiger partial charge >= 0.3 is 5.97 Å². The third-order valence-electron chi connectivity index (χ3n) is 3.54. The first kappa shape index (κ1) is 12.8. The molecule has 1 aliphatic rings. The van der Waals surface area contributed by atoms with Crippen LogP contribution in [0.3, 0.4) is 0 Å². The van der Waals surface area contributed by atoms with Crippen LogP contribution in [0.15, 0.2) is 28.7 Å². The Morgan fingerprint density at radius 3 is 2.65 bits per heavy atom. The van der Waals surface area contributed by atoms with Gasteiger partial charge in [-0.05, 0) is 25.3 Å². The van der Waals surface area contributed by atoms with Crippen molar-refractivity contribution in [1.29, 1.82) is 0 Å². The normalized spacial score (nSPS) is 16.1. The maximum atomic E-state index is 11.1. The Kier molecular flexibility index (Phi) is 3.26. The van der Waals surface area contributed by atoms with Crippen molar-refractivity contribution in [3.8, 4) is 0 Å². The molecule has 1 aliphatic carbocycles. The number of carboxylic acids is 1. The zero-order valence-electron chi connectivity index (χ0n) is 11.2. The van der Waals surface area contributed by atoms with E-state index in [0.717, 1.165) is 24.0 Å². The molecule has 1 heterocycles. The molecular formula is C15H16N2O3. The van der Waals surface area contributed by atoms with E-state index < -0.39 is 5.97 Å². The van der Waals surface area contributed by atoms with Crippen molar-refractivity contribution >= 4 is 5.97 Å². The Hall–Kier alpha value is -2.17. The van der Waals surface area contributed by atoms with Gasteiger partial charge in [-0.15, -0.1) is 10.2 Å². The number of hydrogen-bond donors (Lipinski definition) is 1. The number of carboxylic acid groups (broad SMARTS) is 1. The number of nitrogens with zero attached hydrogens (tertiary/aromatic N) is 2. The number of aryl methyl sites for hydroxylation is 1. The minimum Gasteiger partial charge on any atom is -0.481 e. The Bertz CT molecular complexity index is 614. The molecule has 5 nitrogen and oxygen atoms in total. The van der Waals surface area contributed by atoms with E-state index in [9.17, 15) is 4.79 Å². The molecular weight excluding hydrogens is 256 g/mol. The SMILES string of the molecule is Cc1ccc(C(CC(=O)O)c2nnc(C3CC3)o2)cc1. The van der Waals surface area contributed by atoms with E-state index in [1.807, 2.05) is 31.2 Å². The molecule has 0 aliphatic heterocycles. The van der Waals surface area contributed by atoms with Crippen LogP contribution in [0.4, 0.5) is 0 Å². The fourth-order valence-electron chi connectivity index (χ4n) is 2.20. The summed E-state index contributed by atoms with van der Waals surface area (Å²) in [4.78, 5) is 11.1. The number of benzene rings is 1. The van der Waals surface area contributed by atoms with Crippen LogP contribution < -0.4 is 0 Å². The smallest absolute Gasteiger partial charge is 0.304 e. The van der Waals surface area contributed by atoms with Crippen LogP contribution in [-0.2, 0) is 4.79 Å². The van der Waals surface area contributed by atoms with Crippen molar-refractivity contribution < 1.29 is 14.3 Å². The van der Waals surface area contributed by atoms with E-state index in [1.54, 1.807) is 0 Å². The van der Waals surface area contributed by atoms with Gasteiger partial charge in [0.15, 0.2) is 0 Å². The summed E-state index contributed by atoms with van der Waals surface area (Å²) in [6, 6.07) is 7.76. The number of carbonyl (C=O) groups is 1. The molecule has 0 spiro atoms. The molecule has 1 atom stereocenters. The lowest BCUT2D eigenvalue weighted by Gasteiger charge is -2.11. The summed E-state index contributed by atoms with van der Waals surface area (Å²) in [5.41, 5.74) is 2.02. The highest BCUT2D eigenvalue weighted by Gasteiger charge is 2.31. The fourth-order valence-corrected chi connectivity index (χ4v) is 2.20. The lowest BCUT2D eigenvalue weighted by molar-refractivity contribution is -0.137. The highest BCUT2D eigenvalue weighted by atomic mass is 16.4. The van der Waals surface area contributed by atoms with E-state index in [0.29, 0.717) is 17.7 Å². The van der Waals surface area contributed by atoms with E-state index >= 15 is 0 Å². The van der Waals surface area contributed by atoms with E-state index in [4.69, 9.17) is 9.52 Å². The van der Waals surface area contributed by atoms with Crippen LogP contribution in [0, 0.1) is 6.92 Å². The second-order valence-electron chi connectivity index (χ2n) is 5.31. The van der Waals surface area contributed by atoms with Crippen LogP contribution in [0.5, 0.6) is 0 Å². The molecule has 5 heteroatoms. The third kappa shape index (κ3) is 2.71. The molecule has 3 rings (SSSR count). The first-order valence-electron chi connectivity index (χ1n) is 6.75. The average molecular weight is 272 g/mol. The van der Waals surface area contributed by atoms with Gasteiger partial charge in [-0.2, -0.15) is 0 Å². The summed E-state index contributed by atoms with van der Waals surface area (Å²) in [5.74, 6) is 0.162. The van der Waals surface area contributed by atoms with Gasteiger partial charge in [0, 0.05) is 5.92 Å². The minimum atomic E-state index is -0.873. The lowest BCUT2D eigenvalue weighted by Crippen LogP contribution is -2.08. The van der Waals surface area contributed by atoms with Gasteiger partial charge in [-0.25, -0.2) is 0 Å². The Morgan fingerprint density at radius 1 is 1.35 bits per heavy atom. The molecule has 1 unspecified atom stereocenters. The number of hydrogen-bond acceptors (Lipinski definition) is 4. The van der Waals surface area contributed by atoms with Crippen molar-refractivity contribution in [2.24, 2.45) is 0 Å². The topological polar surface area (TPSA) is 76.2 Å². The number of rotatable bonds is 5. The zero-order chi connectivity index (χ0) is 14.1. The van der Waals surface area contributed by atoms with Crippen molar-refractivity contribution in [2.45, 2.75) is 38.0 Å². The monoisotopic (exact) mass is 272 g/mol. The summed E-state index contributed by atoms with van der Waals surface area (Å²) in [6.45, 7) is 1.99. The van der Waals surface area contributed by atoms with Crippen LogP contribution >= 0.6 is 0 Å². The maximum Gasteiger partial charge on any atom is 0.304 e. The lowest BCUT2D eigenvalue weighted by atomic mass is 9.95. The second-order valence-corrected chi connectivity index (χ2v) is 5.31. The van der Waals surface area contributed by atoms with Crippen molar-refractivity contribution in [1.82, 2.24) is 10.2 Å². The van der Waals surface area contributed by atoms with Gasteiger partial charge in [0.2, 0.25) is 11.8 Å². The predicted octanol–water partition coefficient (Wildman–Crippen LogP) is 2.86. The van der Waals surface area contributed by atoms with Gasteiger partial charge in [-0.3, -0.25) is 4.79 Å². The first-order valence-corrected chi connectivity index (χ1v) is 6.75. The zero-order valence-corrected chi connectivity index (χ0v) is 11.2. The van der Waals surface area contributed by atoms with Gasteiger partial charge in [0.25, 0.3) is 0 Å². The third-order valence-corrected chi connectivity index (χ3v) is 3.54. The molecule has 0 bridgehead atoms. The van der Waals surface area contributed by atoms with Crippen molar-refractivity contribution in [3.63, 3.8) is 0 Å². The van der Waals surface area contributed by atoms with Crippen LogP contribution in [0.1, 0.15) is 54.0 Å². The molecule has 1 fully saturated rings. The molecule has 1 saturated carbocycles. The van der Waals surface area contributed by atoms with E-state index in [2.05, 4.69) is 10.2 Å². The first-order chi connectivity index (χ1) is 9.63. The van der Waals surface area contributed by atoms with Crippen LogP contribution in [0.25, 0.3) is 0 Å².